The van der Waals surface area contributed by atoms with Crippen LogP contribution in [0.2, 0.25) is 0 Å². The molecular formula is C18H30N2S. The molecule has 0 aliphatic carbocycles. The van der Waals surface area contributed by atoms with Gasteiger partial charge < -0.3 is 5.32 Å². The van der Waals surface area contributed by atoms with E-state index in [4.69, 9.17) is 0 Å². The fourth-order valence-corrected chi connectivity index (χ4v) is 4.13. The van der Waals surface area contributed by atoms with Gasteiger partial charge in [0.2, 0.25) is 0 Å². The van der Waals surface area contributed by atoms with E-state index in [1.165, 1.54) is 24.2 Å². The Labute approximate surface area is 134 Å². The molecule has 0 saturated carbocycles. The molecule has 2 unspecified atom stereocenters. The number of nitrogens with zero attached hydrogens (tertiary/aromatic N) is 1. The summed E-state index contributed by atoms with van der Waals surface area (Å²) in [6.45, 7) is 9.23. The van der Waals surface area contributed by atoms with Crippen molar-refractivity contribution in [2.24, 2.45) is 0 Å². The molecule has 1 aliphatic heterocycles. The molecule has 1 aliphatic rings. The molecule has 1 heterocycles. The Morgan fingerprint density at radius 3 is 2.52 bits per heavy atom. The van der Waals surface area contributed by atoms with Gasteiger partial charge in [0.05, 0.1) is 0 Å². The quantitative estimate of drug-likeness (QED) is 0.857. The summed E-state index contributed by atoms with van der Waals surface area (Å²) in [7, 11) is 0. The van der Waals surface area contributed by atoms with Gasteiger partial charge in [-0.1, -0.05) is 44.2 Å². The zero-order valence-corrected chi connectivity index (χ0v) is 14.7. The first kappa shape index (κ1) is 16.9. The topological polar surface area (TPSA) is 15.3 Å². The fourth-order valence-electron chi connectivity index (χ4n) is 3.45. The standard InChI is InChI=1S/C18H30N2S/c1-5-18(6-2)14-20(15(3)13-21-4)17(12-19-18)16-10-8-7-9-11-16/h7-11,15,17,19H,5-6,12-14H2,1-4H3. The Balaban J connectivity index is 2.24. The summed E-state index contributed by atoms with van der Waals surface area (Å²) in [5, 5.41) is 3.86. The number of nitrogens with one attached hydrogen (secondary N) is 1. The van der Waals surface area contributed by atoms with Gasteiger partial charge in [-0.25, -0.2) is 0 Å². The van der Waals surface area contributed by atoms with Crippen molar-refractivity contribution in [3.05, 3.63) is 35.9 Å². The average Bonchev–Trinajstić information content (AvgIpc) is 2.55. The second kappa shape index (κ2) is 7.66. The third-order valence-corrected chi connectivity index (χ3v) is 5.88. The first-order valence-electron chi connectivity index (χ1n) is 8.20. The maximum atomic E-state index is 3.86. The number of piperazine rings is 1. The number of hydrogen-bond donors (Lipinski definition) is 1. The summed E-state index contributed by atoms with van der Waals surface area (Å²) >= 11 is 1.95. The van der Waals surface area contributed by atoms with Crippen LogP contribution in [0.25, 0.3) is 0 Å². The molecule has 1 aromatic rings. The van der Waals surface area contributed by atoms with Crippen molar-refractivity contribution >= 4 is 11.8 Å². The Kier molecular flexibility index (Phi) is 6.15. The van der Waals surface area contributed by atoms with Crippen molar-refractivity contribution in [2.75, 3.05) is 25.1 Å². The molecule has 3 heteroatoms. The molecule has 1 aromatic carbocycles. The monoisotopic (exact) mass is 306 g/mol. The van der Waals surface area contributed by atoms with Crippen LogP contribution in [0.5, 0.6) is 0 Å². The predicted octanol–water partition coefficient (Wildman–Crippen LogP) is 3.94. The van der Waals surface area contributed by atoms with Gasteiger partial charge in [0.1, 0.15) is 0 Å². The normalized spacial score (nSPS) is 23.9. The number of rotatable bonds is 6. The molecule has 1 fully saturated rings. The molecule has 21 heavy (non-hydrogen) atoms. The molecule has 118 valence electrons. The lowest BCUT2D eigenvalue weighted by atomic mass is 9.86. The van der Waals surface area contributed by atoms with Crippen LogP contribution in [0.1, 0.15) is 45.2 Å². The maximum Gasteiger partial charge on any atom is 0.0476 e. The van der Waals surface area contributed by atoms with Gasteiger partial charge in [0, 0.05) is 36.5 Å². The van der Waals surface area contributed by atoms with E-state index < -0.39 is 0 Å². The first-order valence-corrected chi connectivity index (χ1v) is 9.60. The lowest BCUT2D eigenvalue weighted by Gasteiger charge is -2.50. The molecule has 1 N–H and O–H groups in total. The zero-order chi connectivity index (χ0) is 15.3. The molecule has 2 rings (SSSR count). The highest BCUT2D eigenvalue weighted by Crippen LogP contribution is 2.32. The lowest BCUT2D eigenvalue weighted by Crippen LogP contribution is -2.62. The first-order chi connectivity index (χ1) is 10.2. The average molecular weight is 307 g/mol. The van der Waals surface area contributed by atoms with E-state index in [9.17, 15) is 0 Å². The molecule has 1 saturated heterocycles. The van der Waals surface area contributed by atoms with E-state index in [1.807, 2.05) is 11.8 Å². The molecule has 0 aromatic heterocycles. The second-order valence-electron chi connectivity index (χ2n) is 6.27. The number of thioether (sulfide) groups is 1. The van der Waals surface area contributed by atoms with Crippen molar-refractivity contribution in [3.8, 4) is 0 Å². The third-order valence-electron chi connectivity index (χ3n) is 5.07. The number of hydrogen-bond acceptors (Lipinski definition) is 3. The van der Waals surface area contributed by atoms with Crippen LogP contribution in [0.4, 0.5) is 0 Å². The van der Waals surface area contributed by atoms with Gasteiger partial charge in [-0.05, 0) is 31.6 Å². The van der Waals surface area contributed by atoms with Crippen molar-refractivity contribution in [3.63, 3.8) is 0 Å². The minimum Gasteiger partial charge on any atom is -0.308 e. The van der Waals surface area contributed by atoms with Crippen LogP contribution in [-0.2, 0) is 0 Å². The second-order valence-corrected chi connectivity index (χ2v) is 7.18. The Morgan fingerprint density at radius 2 is 1.95 bits per heavy atom. The highest BCUT2D eigenvalue weighted by molar-refractivity contribution is 7.98. The molecular weight excluding hydrogens is 276 g/mol. The molecule has 0 radical (unpaired) electrons. The van der Waals surface area contributed by atoms with Gasteiger partial charge >= 0.3 is 0 Å². The van der Waals surface area contributed by atoms with E-state index in [2.05, 4.69) is 67.6 Å². The largest absolute Gasteiger partial charge is 0.308 e. The summed E-state index contributed by atoms with van der Waals surface area (Å²) in [5.41, 5.74) is 1.73. The minimum absolute atomic E-state index is 0.290. The summed E-state index contributed by atoms with van der Waals surface area (Å²) in [5.74, 6) is 1.20. The maximum absolute atomic E-state index is 3.86. The van der Waals surface area contributed by atoms with Crippen molar-refractivity contribution < 1.29 is 0 Å². The van der Waals surface area contributed by atoms with Gasteiger partial charge in [-0.2, -0.15) is 11.8 Å². The summed E-state index contributed by atoms with van der Waals surface area (Å²) in [6.07, 6.45) is 4.62. The summed E-state index contributed by atoms with van der Waals surface area (Å²) in [6, 6.07) is 12.1. The molecule has 0 bridgehead atoms. The minimum atomic E-state index is 0.290. The van der Waals surface area contributed by atoms with Crippen LogP contribution >= 0.6 is 11.8 Å². The van der Waals surface area contributed by atoms with E-state index in [0.717, 1.165) is 13.1 Å². The third kappa shape index (κ3) is 3.82. The van der Waals surface area contributed by atoms with E-state index >= 15 is 0 Å². The van der Waals surface area contributed by atoms with Crippen LogP contribution in [0.3, 0.4) is 0 Å². The van der Waals surface area contributed by atoms with Gasteiger partial charge in [0.25, 0.3) is 0 Å². The SMILES string of the molecule is CCC1(CC)CN(C(C)CSC)C(c2ccccc2)CN1. The van der Waals surface area contributed by atoms with Crippen LogP contribution in [0.15, 0.2) is 30.3 Å². The fraction of sp³-hybridized carbons (Fsp3) is 0.667. The Hall–Kier alpha value is -0.510. The smallest absolute Gasteiger partial charge is 0.0476 e. The molecule has 0 spiro atoms. The van der Waals surface area contributed by atoms with Crippen LogP contribution in [-0.4, -0.2) is 41.6 Å². The lowest BCUT2D eigenvalue weighted by molar-refractivity contribution is 0.0489. The summed E-state index contributed by atoms with van der Waals surface area (Å²) in [4.78, 5) is 2.73. The van der Waals surface area contributed by atoms with Crippen LogP contribution in [0, 0.1) is 0 Å². The van der Waals surface area contributed by atoms with Crippen molar-refractivity contribution in [2.45, 2.75) is 51.2 Å². The predicted molar refractivity (Wildman–Crippen MR) is 95.0 cm³/mol. The summed E-state index contributed by atoms with van der Waals surface area (Å²) < 4.78 is 0. The van der Waals surface area contributed by atoms with Gasteiger partial charge in [-0.15, -0.1) is 0 Å². The van der Waals surface area contributed by atoms with Crippen molar-refractivity contribution in [1.82, 2.24) is 10.2 Å². The zero-order valence-electron chi connectivity index (χ0n) is 13.9. The highest BCUT2D eigenvalue weighted by Gasteiger charge is 2.38. The molecule has 0 amide bonds. The number of benzene rings is 1. The molecule has 2 atom stereocenters. The van der Waals surface area contributed by atoms with Gasteiger partial charge in [-0.3, -0.25) is 4.90 Å². The van der Waals surface area contributed by atoms with Crippen LogP contribution < -0.4 is 5.32 Å². The van der Waals surface area contributed by atoms with E-state index in [-0.39, 0.29) is 5.54 Å². The Morgan fingerprint density at radius 1 is 1.29 bits per heavy atom. The van der Waals surface area contributed by atoms with E-state index in [0.29, 0.717) is 12.1 Å². The van der Waals surface area contributed by atoms with E-state index in [1.54, 1.807) is 0 Å². The highest BCUT2D eigenvalue weighted by atomic mass is 32.2. The molecule has 2 nitrogen and oxygen atoms in total. The Bertz CT molecular complexity index is 416. The van der Waals surface area contributed by atoms with Crippen molar-refractivity contribution in [1.29, 1.82) is 0 Å². The van der Waals surface area contributed by atoms with Gasteiger partial charge in [0.15, 0.2) is 0 Å².